The van der Waals surface area contributed by atoms with Gasteiger partial charge in [-0.1, -0.05) is 6.07 Å². The van der Waals surface area contributed by atoms with Crippen LogP contribution in [-0.2, 0) is 15.3 Å². The van der Waals surface area contributed by atoms with Gasteiger partial charge < -0.3 is 4.52 Å². The van der Waals surface area contributed by atoms with Gasteiger partial charge in [-0.05, 0) is 19.1 Å². The lowest BCUT2D eigenvalue weighted by Crippen LogP contribution is -1.94. The quantitative estimate of drug-likeness (QED) is 0.699. The second-order valence-electron chi connectivity index (χ2n) is 2.91. The van der Waals surface area contributed by atoms with Crippen LogP contribution >= 0.6 is 7.37 Å². The van der Waals surface area contributed by atoms with Gasteiger partial charge in [-0.15, -0.1) is 0 Å². The van der Waals surface area contributed by atoms with Crippen molar-refractivity contribution in [1.82, 2.24) is 4.98 Å². The second kappa shape index (κ2) is 4.54. The van der Waals surface area contributed by atoms with Crippen molar-refractivity contribution < 1.29 is 9.09 Å². The van der Waals surface area contributed by atoms with E-state index in [2.05, 4.69) is 4.98 Å². The first-order chi connectivity index (χ1) is 6.14. The van der Waals surface area contributed by atoms with Gasteiger partial charge >= 0.3 is 0 Å². The molecule has 0 saturated heterocycles. The molecule has 0 amide bonds. The van der Waals surface area contributed by atoms with E-state index in [1.54, 1.807) is 12.9 Å². The summed E-state index contributed by atoms with van der Waals surface area (Å²) in [5.41, 5.74) is 0.821. The molecular formula is C9H14NO2P. The Balaban J connectivity index is 2.64. The van der Waals surface area contributed by atoms with E-state index >= 15 is 0 Å². The minimum Gasteiger partial charge on any atom is -0.329 e. The van der Waals surface area contributed by atoms with E-state index in [0.29, 0.717) is 12.8 Å². The Hall–Kier alpha value is -0.660. The van der Waals surface area contributed by atoms with Crippen LogP contribution in [0.25, 0.3) is 0 Å². The van der Waals surface area contributed by atoms with Crippen molar-refractivity contribution in [3.05, 3.63) is 30.1 Å². The van der Waals surface area contributed by atoms with E-state index in [1.807, 2.05) is 25.1 Å². The molecule has 0 N–H and O–H groups in total. The van der Waals surface area contributed by atoms with Crippen molar-refractivity contribution in [2.24, 2.45) is 0 Å². The van der Waals surface area contributed by atoms with Crippen molar-refractivity contribution in [2.45, 2.75) is 13.1 Å². The molecule has 3 nitrogen and oxygen atoms in total. The van der Waals surface area contributed by atoms with Crippen LogP contribution in [0.15, 0.2) is 24.4 Å². The summed E-state index contributed by atoms with van der Waals surface area (Å²) in [5.74, 6) is 0. The Labute approximate surface area is 78.6 Å². The van der Waals surface area contributed by atoms with Crippen LogP contribution in [0.2, 0.25) is 0 Å². The Morgan fingerprint density at radius 2 is 2.31 bits per heavy atom. The van der Waals surface area contributed by atoms with Gasteiger partial charge in [0.15, 0.2) is 0 Å². The van der Waals surface area contributed by atoms with E-state index < -0.39 is 7.37 Å². The number of hydrogen-bond acceptors (Lipinski definition) is 3. The fourth-order valence-corrected chi connectivity index (χ4v) is 2.52. The van der Waals surface area contributed by atoms with Crippen LogP contribution in [0.3, 0.4) is 0 Å². The molecular weight excluding hydrogens is 185 g/mol. The summed E-state index contributed by atoms with van der Waals surface area (Å²) in [4.78, 5) is 4.09. The van der Waals surface area contributed by atoms with Crippen LogP contribution in [0.5, 0.6) is 0 Å². The van der Waals surface area contributed by atoms with Crippen LogP contribution in [0.4, 0.5) is 0 Å². The molecule has 1 rings (SSSR count). The van der Waals surface area contributed by atoms with Crippen molar-refractivity contribution in [2.75, 3.05) is 13.3 Å². The first-order valence-electron chi connectivity index (χ1n) is 4.25. The molecule has 1 unspecified atom stereocenters. The summed E-state index contributed by atoms with van der Waals surface area (Å²) >= 11 is 0. The highest BCUT2D eigenvalue weighted by molar-refractivity contribution is 7.57. The molecule has 0 fully saturated rings. The van der Waals surface area contributed by atoms with Gasteiger partial charge in [0.05, 0.1) is 12.8 Å². The third-order valence-corrected chi connectivity index (χ3v) is 3.28. The zero-order valence-corrected chi connectivity index (χ0v) is 8.83. The molecule has 0 aromatic carbocycles. The first kappa shape index (κ1) is 10.4. The average molecular weight is 199 g/mol. The molecule has 1 heterocycles. The van der Waals surface area contributed by atoms with E-state index in [-0.39, 0.29) is 0 Å². The topological polar surface area (TPSA) is 39.2 Å². The van der Waals surface area contributed by atoms with E-state index in [9.17, 15) is 4.57 Å². The third kappa shape index (κ3) is 3.71. The summed E-state index contributed by atoms with van der Waals surface area (Å²) in [6.07, 6.45) is 2.11. The van der Waals surface area contributed by atoms with Gasteiger partial charge in [0, 0.05) is 18.6 Å². The van der Waals surface area contributed by atoms with Gasteiger partial charge in [0.25, 0.3) is 0 Å². The highest BCUT2D eigenvalue weighted by atomic mass is 31.2. The molecule has 0 bridgehead atoms. The molecule has 1 aromatic rings. The number of rotatable bonds is 4. The smallest absolute Gasteiger partial charge is 0.205 e. The molecule has 13 heavy (non-hydrogen) atoms. The largest absolute Gasteiger partial charge is 0.329 e. The zero-order chi connectivity index (χ0) is 9.73. The molecule has 0 aliphatic rings. The van der Waals surface area contributed by atoms with Crippen LogP contribution < -0.4 is 0 Å². The highest BCUT2D eigenvalue weighted by Crippen LogP contribution is 2.45. The minimum atomic E-state index is -2.48. The minimum absolute atomic E-state index is 0.418. The molecule has 0 radical (unpaired) electrons. The Bertz CT molecular complexity index is 300. The van der Waals surface area contributed by atoms with E-state index in [4.69, 9.17) is 4.52 Å². The molecule has 4 heteroatoms. The lowest BCUT2D eigenvalue weighted by Gasteiger charge is -2.11. The Kier molecular flexibility index (Phi) is 3.64. The van der Waals surface area contributed by atoms with Gasteiger partial charge in [0.1, 0.15) is 0 Å². The van der Waals surface area contributed by atoms with Gasteiger partial charge in [-0.3, -0.25) is 9.55 Å². The molecule has 0 aliphatic carbocycles. The second-order valence-corrected chi connectivity index (χ2v) is 5.51. The molecule has 1 aromatic heterocycles. The molecule has 0 aliphatic heterocycles. The van der Waals surface area contributed by atoms with E-state index in [0.717, 1.165) is 5.69 Å². The first-order valence-corrected chi connectivity index (χ1v) is 6.51. The predicted octanol–water partition coefficient (Wildman–Crippen LogP) is 2.53. The summed E-state index contributed by atoms with van der Waals surface area (Å²) in [6, 6.07) is 5.58. The number of nitrogens with zero attached hydrogens (tertiary/aromatic N) is 1. The summed E-state index contributed by atoms with van der Waals surface area (Å²) in [7, 11) is -2.48. The number of hydrogen-bond donors (Lipinski definition) is 0. The van der Waals surface area contributed by atoms with Gasteiger partial charge in [-0.25, -0.2) is 0 Å². The van der Waals surface area contributed by atoms with E-state index in [1.165, 1.54) is 0 Å². The molecule has 72 valence electrons. The van der Waals surface area contributed by atoms with Crippen molar-refractivity contribution >= 4 is 7.37 Å². The lowest BCUT2D eigenvalue weighted by atomic mass is 10.4. The predicted molar refractivity (Wildman–Crippen MR) is 53.1 cm³/mol. The molecule has 0 spiro atoms. The fourth-order valence-electron chi connectivity index (χ4n) is 1.10. The Morgan fingerprint density at radius 1 is 1.54 bits per heavy atom. The molecule has 0 saturated carbocycles. The summed E-state index contributed by atoms with van der Waals surface area (Å²) in [5, 5.41) is 0. The maximum Gasteiger partial charge on any atom is 0.205 e. The standard InChI is InChI=1S/C9H14NO2P/c1-3-12-13(2,11)8-9-6-4-5-7-10-9/h4-7H,3,8H2,1-2H3. The Morgan fingerprint density at radius 3 is 2.85 bits per heavy atom. The highest BCUT2D eigenvalue weighted by Gasteiger charge is 2.15. The van der Waals surface area contributed by atoms with Gasteiger partial charge in [-0.2, -0.15) is 0 Å². The zero-order valence-electron chi connectivity index (χ0n) is 7.93. The lowest BCUT2D eigenvalue weighted by molar-refractivity contribution is 0.336. The van der Waals surface area contributed by atoms with Crippen molar-refractivity contribution in [1.29, 1.82) is 0 Å². The monoisotopic (exact) mass is 199 g/mol. The normalized spacial score (nSPS) is 15.2. The maximum absolute atomic E-state index is 11.7. The number of aromatic nitrogens is 1. The van der Waals surface area contributed by atoms with Crippen LogP contribution in [0.1, 0.15) is 12.6 Å². The van der Waals surface area contributed by atoms with Crippen molar-refractivity contribution in [3.8, 4) is 0 Å². The van der Waals surface area contributed by atoms with Crippen molar-refractivity contribution in [3.63, 3.8) is 0 Å². The SMILES string of the molecule is CCOP(C)(=O)Cc1ccccn1. The van der Waals surface area contributed by atoms with Crippen LogP contribution in [-0.4, -0.2) is 18.3 Å². The van der Waals surface area contributed by atoms with Gasteiger partial charge in [0.2, 0.25) is 7.37 Å². The summed E-state index contributed by atoms with van der Waals surface area (Å²) < 4.78 is 16.9. The van der Waals surface area contributed by atoms with Crippen LogP contribution in [0, 0.1) is 0 Å². The summed E-state index contributed by atoms with van der Waals surface area (Å²) in [6.45, 7) is 3.97. The third-order valence-electron chi connectivity index (χ3n) is 1.58. The number of pyridine rings is 1. The molecule has 1 atom stereocenters. The maximum atomic E-state index is 11.7. The fraction of sp³-hybridized carbons (Fsp3) is 0.444. The average Bonchev–Trinajstić information content (AvgIpc) is 2.04.